The standard InChI is InChI=1S/C27H23ClN2O/c28-24-17-8-7-15-22(24)27(31)30-26(20-12-5-2-6-13-20)23-16-9-14-21(25(23)29-30)18-19-10-3-1-4-11-19/h1-8,10-13,15,17-18,23,26H,9,14,16H2. The lowest BCUT2D eigenvalue weighted by Crippen LogP contribution is -2.32. The molecule has 2 aliphatic rings. The number of hydrogen-bond acceptors (Lipinski definition) is 2. The van der Waals surface area contributed by atoms with Gasteiger partial charge in [-0.2, -0.15) is 5.10 Å². The Hall–Kier alpha value is -3.17. The van der Waals surface area contributed by atoms with Crippen molar-refractivity contribution in [1.82, 2.24) is 5.01 Å². The molecule has 1 aliphatic heterocycles. The maximum atomic E-state index is 13.6. The number of nitrogens with zero attached hydrogens (tertiary/aromatic N) is 2. The van der Waals surface area contributed by atoms with Gasteiger partial charge in [0.05, 0.1) is 22.3 Å². The van der Waals surface area contributed by atoms with E-state index in [9.17, 15) is 4.79 Å². The Morgan fingerprint density at radius 1 is 0.935 bits per heavy atom. The number of benzene rings is 3. The van der Waals surface area contributed by atoms with E-state index in [1.165, 1.54) is 5.57 Å². The van der Waals surface area contributed by atoms with Gasteiger partial charge in [-0.05, 0) is 54.2 Å². The summed E-state index contributed by atoms with van der Waals surface area (Å²) in [5, 5.41) is 7.06. The highest BCUT2D eigenvalue weighted by atomic mass is 35.5. The quantitative estimate of drug-likeness (QED) is 0.454. The van der Waals surface area contributed by atoms with Crippen LogP contribution in [0.4, 0.5) is 0 Å². The summed E-state index contributed by atoms with van der Waals surface area (Å²) in [6, 6.07) is 27.6. The number of fused-ring (bicyclic) bond motifs is 1. The second-order valence-electron chi connectivity index (χ2n) is 8.05. The fourth-order valence-corrected chi connectivity index (χ4v) is 4.88. The molecule has 3 nitrogen and oxygen atoms in total. The average molecular weight is 427 g/mol. The second-order valence-corrected chi connectivity index (χ2v) is 8.46. The Kier molecular flexibility index (Phi) is 5.44. The summed E-state index contributed by atoms with van der Waals surface area (Å²) in [6.45, 7) is 0. The van der Waals surface area contributed by atoms with Crippen molar-refractivity contribution < 1.29 is 4.79 Å². The topological polar surface area (TPSA) is 32.7 Å². The summed E-state index contributed by atoms with van der Waals surface area (Å²) in [4.78, 5) is 13.6. The molecule has 2 atom stereocenters. The predicted octanol–water partition coefficient (Wildman–Crippen LogP) is 6.78. The number of hydrogen-bond donors (Lipinski definition) is 0. The molecule has 0 N–H and O–H groups in total. The number of rotatable bonds is 3. The highest BCUT2D eigenvalue weighted by Gasteiger charge is 2.44. The van der Waals surface area contributed by atoms with Gasteiger partial charge in [-0.15, -0.1) is 0 Å². The van der Waals surface area contributed by atoms with Crippen LogP contribution in [-0.2, 0) is 0 Å². The first-order valence-electron chi connectivity index (χ1n) is 10.7. The smallest absolute Gasteiger partial charge is 0.267 e. The van der Waals surface area contributed by atoms with Crippen LogP contribution in [0, 0.1) is 5.92 Å². The van der Waals surface area contributed by atoms with E-state index in [1.54, 1.807) is 17.1 Å². The molecule has 0 spiro atoms. The molecule has 3 aromatic carbocycles. The van der Waals surface area contributed by atoms with Crippen LogP contribution in [0.5, 0.6) is 0 Å². The number of carbonyl (C=O) groups excluding carboxylic acids is 1. The van der Waals surface area contributed by atoms with Crippen LogP contribution < -0.4 is 0 Å². The lowest BCUT2D eigenvalue weighted by molar-refractivity contribution is 0.0681. The summed E-state index contributed by atoms with van der Waals surface area (Å²) in [7, 11) is 0. The van der Waals surface area contributed by atoms with Gasteiger partial charge in [-0.3, -0.25) is 4.79 Å². The summed E-state index contributed by atoms with van der Waals surface area (Å²) in [5.41, 5.74) is 5.00. The van der Waals surface area contributed by atoms with Gasteiger partial charge in [-0.1, -0.05) is 84.4 Å². The fraction of sp³-hybridized carbons (Fsp3) is 0.185. The van der Waals surface area contributed by atoms with E-state index in [2.05, 4.69) is 30.3 Å². The first-order valence-corrected chi connectivity index (χ1v) is 11.1. The molecular formula is C27H23ClN2O. The van der Waals surface area contributed by atoms with Crippen LogP contribution in [-0.4, -0.2) is 16.6 Å². The Balaban J connectivity index is 1.59. The molecule has 4 heteroatoms. The lowest BCUT2D eigenvalue weighted by Gasteiger charge is -2.29. The molecule has 0 bridgehead atoms. The largest absolute Gasteiger partial charge is 0.276 e. The van der Waals surface area contributed by atoms with E-state index in [1.807, 2.05) is 48.5 Å². The molecule has 1 amide bonds. The minimum atomic E-state index is -0.152. The molecule has 154 valence electrons. The predicted molar refractivity (Wildman–Crippen MR) is 126 cm³/mol. The Morgan fingerprint density at radius 2 is 1.61 bits per heavy atom. The Morgan fingerprint density at radius 3 is 2.35 bits per heavy atom. The first kappa shape index (κ1) is 19.8. The van der Waals surface area contributed by atoms with Gasteiger partial charge in [0.1, 0.15) is 0 Å². The summed E-state index contributed by atoms with van der Waals surface area (Å²) in [6.07, 6.45) is 5.28. The number of carbonyl (C=O) groups is 1. The molecule has 0 aromatic heterocycles. The van der Waals surface area contributed by atoms with Crippen molar-refractivity contribution in [2.24, 2.45) is 11.0 Å². The summed E-state index contributed by atoms with van der Waals surface area (Å²) < 4.78 is 0. The third kappa shape index (κ3) is 3.82. The van der Waals surface area contributed by atoms with Crippen molar-refractivity contribution in [2.75, 3.05) is 0 Å². The van der Waals surface area contributed by atoms with Crippen LogP contribution >= 0.6 is 11.6 Å². The number of halogens is 1. The van der Waals surface area contributed by atoms with E-state index in [0.29, 0.717) is 10.6 Å². The Labute approximate surface area is 187 Å². The number of amides is 1. The van der Waals surface area contributed by atoms with Crippen molar-refractivity contribution in [1.29, 1.82) is 0 Å². The molecule has 0 saturated heterocycles. The zero-order valence-electron chi connectivity index (χ0n) is 17.1. The monoisotopic (exact) mass is 426 g/mol. The third-order valence-corrected chi connectivity index (χ3v) is 6.43. The van der Waals surface area contributed by atoms with Crippen molar-refractivity contribution in [3.8, 4) is 0 Å². The normalized spacial score (nSPS) is 21.6. The van der Waals surface area contributed by atoms with Gasteiger partial charge in [0.25, 0.3) is 5.91 Å². The van der Waals surface area contributed by atoms with E-state index < -0.39 is 0 Å². The highest BCUT2D eigenvalue weighted by molar-refractivity contribution is 6.33. The van der Waals surface area contributed by atoms with Crippen molar-refractivity contribution >= 4 is 29.3 Å². The van der Waals surface area contributed by atoms with Crippen molar-refractivity contribution in [2.45, 2.75) is 25.3 Å². The highest BCUT2D eigenvalue weighted by Crippen LogP contribution is 2.45. The average Bonchev–Trinajstić information content (AvgIpc) is 3.21. The first-order chi connectivity index (χ1) is 15.2. The number of allylic oxidation sites excluding steroid dienone is 1. The summed E-state index contributed by atoms with van der Waals surface area (Å²) in [5.74, 6) is 0.0259. The molecule has 0 radical (unpaired) electrons. The van der Waals surface area contributed by atoms with Gasteiger partial charge in [-0.25, -0.2) is 5.01 Å². The fourth-order valence-electron chi connectivity index (χ4n) is 4.66. The SMILES string of the molecule is O=C(c1ccccc1Cl)N1N=C2C(=Cc3ccccc3)CCCC2C1c1ccccc1. The molecule has 1 aliphatic carbocycles. The van der Waals surface area contributed by atoms with E-state index in [4.69, 9.17) is 16.7 Å². The van der Waals surface area contributed by atoms with Crippen LogP contribution in [0.15, 0.2) is 95.6 Å². The van der Waals surface area contributed by atoms with Gasteiger partial charge in [0.2, 0.25) is 0 Å². The van der Waals surface area contributed by atoms with Gasteiger partial charge < -0.3 is 0 Å². The molecule has 3 aromatic rings. The Bertz CT molecular complexity index is 1150. The summed E-state index contributed by atoms with van der Waals surface area (Å²) >= 11 is 6.37. The maximum Gasteiger partial charge on any atom is 0.276 e. The van der Waals surface area contributed by atoms with Crippen LogP contribution in [0.1, 0.15) is 46.8 Å². The van der Waals surface area contributed by atoms with E-state index in [0.717, 1.165) is 36.1 Å². The van der Waals surface area contributed by atoms with E-state index >= 15 is 0 Å². The zero-order chi connectivity index (χ0) is 21.2. The second kappa shape index (κ2) is 8.52. The molecule has 2 unspecified atom stereocenters. The minimum Gasteiger partial charge on any atom is -0.267 e. The maximum absolute atomic E-state index is 13.6. The van der Waals surface area contributed by atoms with Gasteiger partial charge in [0, 0.05) is 5.92 Å². The molecule has 31 heavy (non-hydrogen) atoms. The lowest BCUT2D eigenvalue weighted by atomic mass is 9.77. The van der Waals surface area contributed by atoms with Gasteiger partial charge in [0.15, 0.2) is 0 Å². The van der Waals surface area contributed by atoms with Crippen molar-refractivity contribution in [3.63, 3.8) is 0 Å². The molecule has 5 rings (SSSR count). The van der Waals surface area contributed by atoms with Crippen LogP contribution in [0.25, 0.3) is 6.08 Å². The molecular weight excluding hydrogens is 404 g/mol. The molecule has 1 heterocycles. The minimum absolute atomic E-state index is 0.126. The molecule has 1 saturated carbocycles. The van der Waals surface area contributed by atoms with Crippen molar-refractivity contribution in [3.05, 3.63) is 112 Å². The zero-order valence-corrected chi connectivity index (χ0v) is 17.9. The van der Waals surface area contributed by atoms with Gasteiger partial charge >= 0.3 is 0 Å². The van der Waals surface area contributed by atoms with Crippen LogP contribution in [0.2, 0.25) is 5.02 Å². The van der Waals surface area contributed by atoms with E-state index in [-0.39, 0.29) is 17.9 Å². The van der Waals surface area contributed by atoms with Crippen LogP contribution in [0.3, 0.4) is 0 Å². The molecule has 1 fully saturated rings. The third-order valence-electron chi connectivity index (χ3n) is 6.10. The number of hydrazone groups is 1.